The second-order valence-electron chi connectivity index (χ2n) is 8.00. The molecule has 7 heteroatoms. The molecule has 1 heterocycles. The van der Waals surface area contributed by atoms with Gasteiger partial charge in [-0.05, 0) is 61.7 Å². The fourth-order valence-corrected chi connectivity index (χ4v) is 5.75. The van der Waals surface area contributed by atoms with Crippen molar-refractivity contribution >= 4 is 21.7 Å². The van der Waals surface area contributed by atoms with E-state index in [9.17, 15) is 18.5 Å². The lowest BCUT2D eigenvalue weighted by molar-refractivity contribution is -0.137. The quantitative estimate of drug-likeness (QED) is 0.394. The van der Waals surface area contributed by atoms with E-state index in [2.05, 4.69) is 6.07 Å². The molecular weight excluding hydrogens is 448 g/mol. The van der Waals surface area contributed by atoms with Gasteiger partial charge in [-0.1, -0.05) is 48.0 Å². The summed E-state index contributed by atoms with van der Waals surface area (Å²) in [4.78, 5) is 12.2. The molecule has 1 aliphatic rings. The first kappa shape index (κ1) is 23.3. The molecule has 1 atom stereocenters. The number of sulfonamides is 1. The highest BCUT2D eigenvalue weighted by atomic mass is 32.2. The number of hydrogen-bond acceptors (Lipinski definition) is 5. The van der Waals surface area contributed by atoms with Crippen LogP contribution >= 0.6 is 0 Å². The third-order valence-corrected chi connectivity index (χ3v) is 7.57. The van der Waals surface area contributed by atoms with Crippen LogP contribution in [0.25, 0.3) is 11.1 Å². The van der Waals surface area contributed by atoms with Crippen LogP contribution in [0.2, 0.25) is 0 Å². The minimum absolute atomic E-state index is 0.147. The number of aryl methyl sites for hydroxylation is 1. The predicted octanol–water partition coefficient (Wildman–Crippen LogP) is 4.77. The summed E-state index contributed by atoms with van der Waals surface area (Å²) in [6, 6.07) is 20.7. The molecule has 0 amide bonds. The van der Waals surface area contributed by atoms with Crippen LogP contribution in [0.4, 0.5) is 5.69 Å². The van der Waals surface area contributed by atoms with Crippen molar-refractivity contribution in [1.82, 2.24) is 0 Å². The van der Waals surface area contributed by atoms with Gasteiger partial charge < -0.3 is 4.74 Å². The molecule has 4 rings (SSSR count). The first-order valence-electron chi connectivity index (χ1n) is 10.9. The van der Waals surface area contributed by atoms with E-state index in [0.717, 1.165) is 16.7 Å². The smallest absolute Gasteiger partial charge is 0.330 e. The summed E-state index contributed by atoms with van der Waals surface area (Å²) < 4.78 is 34.4. The molecule has 0 saturated carbocycles. The van der Waals surface area contributed by atoms with Gasteiger partial charge in [-0.3, -0.25) is 4.31 Å². The lowest BCUT2D eigenvalue weighted by Crippen LogP contribution is -2.40. The zero-order valence-electron chi connectivity index (χ0n) is 18.9. The molecule has 3 aromatic carbocycles. The molecule has 6 nitrogen and oxygen atoms in total. The van der Waals surface area contributed by atoms with Crippen molar-refractivity contribution in [3.63, 3.8) is 0 Å². The minimum Gasteiger partial charge on any atom is -0.463 e. The summed E-state index contributed by atoms with van der Waals surface area (Å²) in [5, 5.41) is 9.49. The zero-order valence-corrected chi connectivity index (χ0v) is 19.7. The van der Waals surface area contributed by atoms with E-state index < -0.39 is 22.0 Å². The van der Waals surface area contributed by atoms with Gasteiger partial charge in [-0.25, -0.2) is 13.2 Å². The number of benzene rings is 3. The van der Waals surface area contributed by atoms with Crippen LogP contribution in [0.1, 0.15) is 23.6 Å². The van der Waals surface area contributed by atoms with E-state index in [-0.39, 0.29) is 11.5 Å². The Balaban J connectivity index is 1.97. The molecule has 34 heavy (non-hydrogen) atoms. The van der Waals surface area contributed by atoms with Crippen molar-refractivity contribution in [3.8, 4) is 17.2 Å². The van der Waals surface area contributed by atoms with E-state index >= 15 is 0 Å². The third-order valence-electron chi connectivity index (χ3n) is 5.72. The van der Waals surface area contributed by atoms with Gasteiger partial charge in [0.05, 0.1) is 34.9 Å². The Kier molecular flexibility index (Phi) is 6.53. The Morgan fingerprint density at radius 1 is 1.12 bits per heavy atom. The number of carbonyl (C=O) groups excluding carboxylic acids is 1. The number of rotatable bonds is 5. The average Bonchev–Trinajstić information content (AvgIpc) is 2.97. The van der Waals surface area contributed by atoms with E-state index in [4.69, 9.17) is 4.74 Å². The molecule has 0 fully saturated rings. The summed E-state index contributed by atoms with van der Waals surface area (Å²) in [7, 11) is -4.02. The minimum atomic E-state index is -4.02. The van der Waals surface area contributed by atoms with Crippen LogP contribution in [-0.2, 0) is 26.0 Å². The standard InChI is InChI=1S/C27H24N2O4S/c1-3-33-27(30)15-11-22-17-21-6-4-5-7-24(21)25-16-20(18-28)10-14-26(25)29(22)34(31,32)23-12-8-19(2)9-13-23/h4-16,22H,3,17H2,1-2H3/b15-11+. The highest BCUT2D eigenvalue weighted by molar-refractivity contribution is 7.92. The Morgan fingerprint density at radius 3 is 2.56 bits per heavy atom. The van der Waals surface area contributed by atoms with Crippen molar-refractivity contribution in [3.05, 3.63) is 95.6 Å². The summed E-state index contributed by atoms with van der Waals surface area (Å²) in [6.07, 6.45) is 3.20. The van der Waals surface area contributed by atoms with Gasteiger partial charge in [-0.2, -0.15) is 5.26 Å². The lowest BCUT2D eigenvalue weighted by Gasteiger charge is -2.30. The number of fused-ring (bicyclic) bond motifs is 3. The second kappa shape index (κ2) is 9.54. The third kappa shape index (κ3) is 4.45. The molecule has 3 aromatic rings. The average molecular weight is 473 g/mol. The van der Waals surface area contributed by atoms with Crippen molar-refractivity contribution in [1.29, 1.82) is 5.26 Å². The molecule has 0 aromatic heterocycles. The van der Waals surface area contributed by atoms with Crippen LogP contribution in [0.15, 0.2) is 83.8 Å². The fourth-order valence-electron chi connectivity index (χ4n) is 4.12. The monoisotopic (exact) mass is 472 g/mol. The van der Waals surface area contributed by atoms with Gasteiger partial charge in [0.15, 0.2) is 0 Å². The second-order valence-corrected chi connectivity index (χ2v) is 9.81. The van der Waals surface area contributed by atoms with Crippen LogP contribution in [0.5, 0.6) is 0 Å². The first-order chi connectivity index (χ1) is 16.3. The lowest BCUT2D eigenvalue weighted by atomic mass is 9.95. The van der Waals surface area contributed by atoms with E-state index in [1.54, 1.807) is 55.5 Å². The molecule has 0 bridgehead atoms. The van der Waals surface area contributed by atoms with E-state index in [0.29, 0.717) is 23.2 Å². The number of esters is 1. The highest BCUT2D eigenvalue weighted by Gasteiger charge is 2.35. The molecule has 1 aliphatic heterocycles. The molecule has 0 radical (unpaired) electrons. The van der Waals surface area contributed by atoms with Gasteiger partial charge in [0.25, 0.3) is 10.0 Å². The van der Waals surface area contributed by atoms with Crippen molar-refractivity contribution in [2.45, 2.75) is 31.2 Å². The van der Waals surface area contributed by atoms with Crippen LogP contribution < -0.4 is 4.31 Å². The van der Waals surface area contributed by atoms with Gasteiger partial charge in [-0.15, -0.1) is 0 Å². The van der Waals surface area contributed by atoms with Gasteiger partial charge in [0, 0.05) is 11.6 Å². The topological polar surface area (TPSA) is 87.5 Å². The molecular formula is C27H24N2O4S. The fraction of sp³-hybridized carbons (Fsp3) is 0.185. The first-order valence-corrected chi connectivity index (χ1v) is 12.4. The maximum absolute atomic E-state index is 14.0. The Hall–Kier alpha value is -3.89. The van der Waals surface area contributed by atoms with Crippen LogP contribution in [0.3, 0.4) is 0 Å². The molecule has 0 saturated heterocycles. The zero-order chi connectivity index (χ0) is 24.3. The predicted molar refractivity (Wildman–Crippen MR) is 131 cm³/mol. The SMILES string of the molecule is CCOC(=O)/C=C/C1Cc2ccccc2-c2cc(C#N)ccc2N1S(=O)(=O)c1ccc(C)cc1. The number of hydrogen-bond donors (Lipinski definition) is 0. The van der Waals surface area contributed by atoms with Crippen LogP contribution in [-0.4, -0.2) is 27.0 Å². The largest absolute Gasteiger partial charge is 0.463 e. The summed E-state index contributed by atoms with van der Waals surface area (Å²) in [6.45, 7) is 3.83. The Morgan fingerprint density at radius 2 is 1.85 bits per heavy atom. The highest BCUT2D eigenvalue weighted by Crippen LogP contribution is 2.41. The molecule has 172 valence electrons. The Labute approximate surface area is 199 Å². The molecule has 0 aliphatic carbocycles. The molecule has 1 unspecified atom stereocenters. The van der Waals surface area contributed by atoms with E-state index in [1.807, 2.05) is 31.2 Å². The summed E-state index contributed by atoms with van der Waals surface area (Å²) in [5.41, 5.74) is 4.24. The number of ether oxygens (including phenoxy) is 1. The van der Waals surface area contributed by atoms with Crippen molar-refractivity contribution < 1.29 is 17.9 Å². The number of carbonyl (C=O) groups is 1. The number of nitriles is 1. The normalized spacial score (nSPS) is 15.2. The summed E-state index contributed by atoms with van der Waals surface area (Å²) in [5.74, 6) is -0.534. The molecule has 0 spiro atoms. The summed E-state index contributed by atoms with van der Waals surface area (Å²) >= 11 is 0. The van der Waals surface area contributed by atoms with Gasteiger partial charge in [0.2, 0.25) is 0 Å². The number of anilines is 1. The Bertz CT molecular complexity index is 1400. The van der Waals surface area contributed by atoms with Gasteiger partial charge >= 0.3 is 5.97 Å². The van der Waals surface area contributed by atoms with Gasteiger partial charge in [0.1, 0.15) is 0 Å². The van der Waals surface area contributed by atoms with Crippen LogP contribution in [0, 0.1) is 18.3 Å². The maximum Gasteiger partial charge on any atom is 0.330 e. The number of nitrogens with zero attached hydrogens (tertiary/aromatic N) is 2. The molecule has 0 N–H and O–H groups in total. The maximum atomic E-state index is 14.0. The van der Waals surface area contributed by atoms with E-state index in [1.165, 1.54) is 10.4 Å². The van der Waals surface area contributed by atoms with Crippen molar-refractivity contribution in [2.75, 3.05) is 10.9 Å². The van der Waals surface area contributed by atoms with Crippen molar-refractivity contribution in [2.24, 2.45) is 0 Å².